The zero-order chi connectivity index (χ0) is 11.6. The van der Waals surface area contributed by atoms with Crippen LogP contribution in [0.3, 0.4) is 0 Å². The number of nitrogens with zero attached hydrogens (tertiary/aromatic N) is 1. The van der Waals surface area contributed by atoms with Crippen molar-refractivity contribution in [2.45, 2.75) is 32.7 Å². The number of primary amides is 1. The molecule has 5 nitrogen and oxygen atoms in total. The van der Waals surface area contributed by atoms with Gasteiger partial charge < -0.3 is 10.8 Å². The minimum Gasteiger partial charge on any atom is -0.481 e. The molecule has 2 atom stereocenters. The number of hydrogen-bond acceptors (Lipinski definition) is 3. The Morgan fingerprint density at radius 2 is 2.20 bits per heavy atom. The molecule has 1 heterocycles. The van der Waals surface area contributed by atoms with Crippen LogP contribution in [0.5, 0.6) is 0 Å². The molecule has 0 radical (unpaired) electrons. The lowest BCUT2D eigenvalue weighted by atomic mass is 9.90. The molecule has 1 saturated heterocycles. The lowest BCUT2D eigenvalue weighted by molar-refractivity contribution is -0.147. The maximum atomic E-state index is 11.1. The van der Waals surface area contributed by atoms with E-state index >= 15 is 0 Å². The molecule has 2 unspecified atom stereocenters. The smallest absolute Gasteiger partial charge is 0.310 e. The molecule has 15 heavy (non-hydrogen) atoms. The monoisotopic (exact) mass is 214 g/mol. The molecule has 0 aromatic heterocycles. The number of amides is 1. The van der Waals surface area contributed by atoms with E-state index in [0.29, 0.717) is 25.9 Å². The third kappa shape index (κ3) is 2.28. The summed E-state index contributed by atoms with van der Waals surface area (Å²) in [6.45, 7) is 4.63. The SMILES string of the molecule is CCC(C(N)=O)N1CCC(C)(C(=O)O)C1. The molecule has 0 spiro atoms. The first kappa shape index (κ1) is 12.0. The fourth-order valence-electron chi connectivity index (χ4n) is 2.08. The summed E-state index contributed by atoms with van der Waals surface area (Å²) in [6.07, 6.45) is 1.21. The van der Waals surface area contributed by atoms with E-state index < -0.39 is 11.4 Å². The van der Waals surface area contributed by atoms with Gasteiger partial charge in [-0.1, -0.05) is 6.92 Å². The second-order valence-corrected chi connectivity index (χ2v) is 4.41. The van der Waals surface area contributed by atoms with Crippen LogP contribution < -0.4 is 5.73 Å². The summed E-state index contributed by atoms with van der Waals surface area (Å²) in [5.74, 6) is -1.17. The van der Waals surface area contributed by atoms with Gasteiger partial charge in [-0.3, -0.25) is 14.5 Å². The van der Waals surface area contributed by atoms with Crippen molar-refractivity contribution in [3.8, 4) is 0 Å². The number of carbonyl (C=O) groups is 2. The average Bonchev–Trinajstić information content (AvgIpc) is 2.50. The predicted molar refractivity (Wildman–Crippen MR) is 55.2 cm³/mol. The van der Waals surface area contributed by atoms with Crippen molar-refractivity contribution in [1.82, 2.24) is 4.90 Å². The summed E-state index contributed by atoms with van der Waals surface area (Å²) in [4.78, 5) is 24.0. The lowest BCUT2D eigenvalue weighted by Gasteiger charge is -2.25. The van der Waals surface area contributed by atoms with Gasteiger partial charge in [-0.05, 0) is 19.8 Å². The van der Waals surface area contributed by atoms with Gasteiger partial charge >= 0.3 is 5.97 Å². The lowest BCUT2D eigenvalue weighted by Crippen LogP contribution is -2.44. The van der Waals surface area contributed by atoms with Gasteiger partial charge in [-0.2, -0.15) is 0 Å². The molecule has 1 amide bonds. The predicted octanol–water partition coefficient (Wildman–Crippen LogP) is 0.0469. The first-order valence-corrected chi connectivity index (χ1v) is 5.17. The number of carboxylic acid groups (broad SMARTS) is 1. The van der Waals surface area contributed by atoms with Gasteiger partial charge in [0.25, 0.3) is 0 Å². The van der Waals surface area contributed by atoms with Gasteiger partial charge in [-0.25, -0.2) is 0 Å². The quantitative estimate of drug-likeness (QED) is 0.692. The van der Waals surface area contributed by atoms with E-state index in [4.69, 9.17) is 10.8 Å². The summed E-state index contributed by atoms with van der Waals surface area (Å²) < 4.78 is 0. The Bertz CT molecular complexity index is 280. The maximum Gasteiger partial charge on any atom is 0.310 e. The molecule has 0 saturated carbocycles. The first-order valence-electron chi connectivity index (χ1n) is 5.17. The van der Waals surface area contributed by atoms with Gasteiger partial charge in [0.05, 0.1) is 11.5 Å². The van der Waals surface area contributed by atoms with Crippen molar-refractivity contribution in [2.24, 2.45) is 11.1 Å². The van der Waals surface area contributed by atoms with Crippen LogP contribution in [0.2, 0.25) is 0 Å². The number of aliphatic carboxylic acids is 1. The molecule has 1 aliphatic rings. The second kappa shape index (κ2) is 4.18. The van der Waals surface area contributed by atoms with Crippen molar-refractivity contribution < 1.29 is 14.7 Å². The fourth-order valence-corrected chi connectivity index (χ4v) is 2.08. The van der Waals surface area contributed by atoms with Gasteiger partial charge in [0.2, 0.25) is 5.91 Å². The minimum absolute atomic E-state index is 0.328. The Balaban J connectivity index is 2.70. The van der Waals surface area contributed by atoms with Crippen molar-refractivity contribution >= 4 is 11.9 Å². The Morgan fingerprint density at radius 3 is 2.53 bits per heavy atom. The largest absolute Gasteiger partial charge is 0.481 e. The third-order valence-electron chi connectivity index (χ3n) is 3.18. The van der Waals surface area contributed by atoms with Crippen LogP contribution in [0.1, 0.15) is 26.7 Å². The number of carbonyl (C=O) groups excluding carboxylic acids is 1. The topological polar surface area (TPSA) is 83.6 Å². The zero-order valence-electron chi connectivity index (χ0n) is 9.19. The van der Waals surface area contributed by atoms with Gasteiger partial charge in [-0.15, -0.1) is 0 Å². The van der Waals surface area contributed by atoms with E-state index in [1.54, 1.807) is 6.92 Å². The highest BCUT2D eigenvalue weighted by Crippen LogP contribution is 2.31. The van der Waals surface area contributed by atoms with Gasteiger partial charge in [0.1, 0.15) is 0 Å². The third-order valence-corrected chi connectivity index (χ3v) is 3.18. The Hall–Kier alpha value is -1.10. The molecule has 0 aromatic rings. The Morgan fingerprint density at radius 1 is 1.60 bits per heavy atom. The molecule has 1 rings (SSSR count). The van der Waals surface area contributed by atoms with Crippen LogP contribution in [0, 0.1) is 5.41 Å². The van der Waals surface area contributed by atoms with Crippen LogP contribution >= 0.6 is 0 Å². The van der Waals surface area contributed by atoms with Crippen LogP contribution in [0.4, 0.5) is 0 Å². The van der Waals surface area contributed by atoms with Crippen molar-refractivity contribution in [3.63, 3.8) is 0 Å². The molecular formula is C10H18N2O3. The average molecular weight is 214 g/mol. The summed E-state index contributed by atoms with van der Waals surface area (Å²) in [5.41, 5.74) is 4.53. The number of likely N-dealkylation sites (tertiary alicyclic amines) is 1. The molecule has 0 aromatic carbocycles. The van der Waals surface area contributed by atoms with Crippen molar-refractivity contribution in [1.29, 1.82) is 0 Å². The fraction of sp³-hybridized carbons (Fsp3) is 0.800. The van der Waals surface area contributed by atoms with Crippen LogP contribution in [-0.2, 0) is 9.59 Å². The number of rotatable bonds is 4. The standard InChI is InChI=1S/C10H18N2O3/c1-3-7(8(11)13)12-5-4-10(2,6-12)9(14)15/h7H,3-6H2,1-2H3,(H2,11,13)(H,14,15). The van der Waals surface area contributed by atoms with E-state index in [1.807, 2.05) is 11.8 Å². The zero-order valence-corrected chi connectivity index (χ0v) is 9.19. The molecule has 3 N–H and O–H groups in total. The van der Waals surface area contributed by atoms with E-state index in [2.05, 4.69) is 0 Å². The van der Waals surface area contributed by atoms with Crippen LogP contribution in [0.15, 0.2) is 0 Å². The molecular weight excluding hydrogens is 196 g/mol. The minimum atomic E-state index is -0.802. The van der Waals surface area contributed by atoms with E-state index in [-0.39, 0.29) is 11.9 Å². The number of hydrogen-bond donors (Lipinski definition) is 2. The molecule has 1 fully saturated rings. The first-order chi connectivity index (χ1) is 6.90. The molecule has 1 aliphatic heterocycles. The molecule has 86 valence electrons. The number of carboxylic acids is 1. The highest BCUT2D eigenvalue weighted by molar-refractivity contribution is 5.80. The maximum absolute atomic E-state index is 11.1. The van der Waals surface area contributed by atoms with Crippen molar-refractivity contribution in [2.75, 3.05) is 13.1 Å². The highest BCUT2D eigenvalue weighted by atomic mass is 16.4. The molecule has 0 bridgehead atoms. The second-order valence-electron chi connectivity index (χ2n) is 4.41. The van der Waals surface area contributed by atoms with E-state index in [1.165, 1.54) is 0 Å². The van der Waals surface area contributed by atoms with Gasteiger partial charge in [0, 0.05) is 13.1 Å². The normalized spacial score (nSPS) is 28.9. The Kier molecular flexibility index (Phi) is 3.34. The van der Waals surface area contributed by atoms with E-state index in [0.717, 1.165) is 0 Å². The van der Waals surface area contributed by atoms with Crippen molar-refractivity contribution in [3.05, 3.63) is 0 Å². The highest BCUT2D eigenvalue weighted by Gasteiger charge is 2.43. The summed E-state index contributed by atoms with van der Waals surface area (Å²) in [6, 6.07) is -0.328. The summed E-state index contributed by atoms with van der Waals surface area (Å²) in [5, 5.41) is 9.04. The molecule has 0 aliphatic carbocycles. The Labute approximate surface area is 89.2 Å². The van der Waals surface area contributed by atoms with Crippen LogP contribution in [0.25, 0.3) is 0 Å². The van der Waals surface area contributed by atoms with Gasteiger partial charge in [0.15, 0.2) is 0 Å². The van der Waals surface area contributed by atoms with Crippen LogP contribution in [-0.4, -0.2) is 41.0 Å². The molecule has 5 heteroatoms. The number of nitrogens with two attached hydrogens (primary N) is 1. The van der Waals surface area contributed by atoms with E-state index in [9.17, 15) is 9.59 Å². The summed E-state index contributed by atoms with van der Waals surface area (Å²) in [7, 11) is 0. The summed E-state index contributed by atoms with van der Waals surface area (Å²) >= 11 is 0.